The van der Waals surface area contributed by atoms with Gasteiger partial charge in [0, 0.05) is 23.2 Å². The summed E-state index contributed by atoms with van der Waals surface area (Å²) in [5.74, 6) is 1.41. The highest BCUT2D eigenvalue weighted by Gasteiger charge is 2.09. The molecule has 136 valence electrons. The molecule has 5 heteroatoms. The van der Waals surface area contributed by atoms with E-state index in [1.807, 2.05) is 56.3 Å². The maximum Gasteiger partial charge on any atom is 0.161 e. The molecule has 0 bridgehead atoms. The molecular formula is C20H26ClNO3. The highest BCUT2D eigenvalue weighted by molar-refractivity contribution is 6.31. The lowest BCUT2D eigenvalue weighted by molar-refractivity contribution is 0.238. The van der Waals surface area contributed by atoms with Crippen LogP contribution in [0.3, 0.4) is 0 Å². The third kappa shape index (κ3) is 5.92. The molecule has 0 saturated heterocycles. The van der Waals surface area contributed by atoms with Crippen LogP contribution < -0.4 is 14.8 Å². The van der Waals surface area contributed by atoms with Gasteiger partial charge in [0.15, 0.2) is 11.5 Å². The van der Waals surface area contributed by atoms with Gasteiger partial charge < -0.3 is 19.9 Å². The van der Waals surface area contributed by atoms with E-state index < -0.39 is 0 Å². The van der Waals surface area contributed by atoms with Gasteiger partial charge in [-0.1, -0.05) is 42.8 Å². The summed E-state index contributed by atoms with van der Waals surface area (Å²) in [7, 11) is 0. The molecule has 0 aliphatic heterocycles. The normalized spacial score (nSPS) is 12.0. The Balaban J connectivity index is 2.06. The highest BCUT2D eigenvalue weighted by Crippen LogP contribution is 2.30. The second kappa shape index (κ2) is 10.3. The van der Waals surface area contributed by atoms with Gasteiger partial charge in [0.2, 0.25) is 0 Å². The largest absolute Gasteiger partial charge is 0.490 e. The molecule has 0 aromatic heterocycles. The fraction of sp³-hybridized carbons (Fsp3) is 0.400. The topological polar surface area (TPSA) is 50.7 Å². The van der Waals surface area contributed by atoms with Crippen LogP contribution in [0.25, 0.3) is 0 Å². The van der Waals surface area contributed by atoms with Gasteiger partial charge in [0.25, 0.3) is 0 Å². The monoisotopic (exact) mass is 363 g/mol. The fourth-order valence-electron chi connectivity index (χ4n) is 2.42. The van der Waals surface area contributed by atoms with E-state index in [0.717, 1.165) is 17.5 Å². The first-order chi connectivity index (χ1) is 12.2. The lowest BCUT2D eigenvalue weighted by atomic mass is 10.1. The lowest BCUT2D eigenvalue weighted by Crippen LogP contribution is -2.31. The number of nitrogens with one attached hydrogen (secondary N) is 1. The zero-order valence-electron chi connectivity index (χ0n) is 14.8. The Morgan fingerprint density at radius 1 is 1.08 bits per heavy atom. The minimum absolute atomic E-state index is 0.103. The molecule has 2 N–H and O–H groups in total. The van der Waals surface area contributed by atoms with Crippen LogP contribution in [0.5, 0.6) is 11.5 Å². The minimum atomic E-state index is 0.103. The highest BCUT2D eigenvalue weighted by atomic mass is 35.5. The number of halogens is 1. The SMILES string of the molecule is CCOc1cc(CN[C@@H](CC)CO)ccc1OCc1ccccc1Cl. The molecular weight excluding hydrogens is 338 g/mol. The predicted octanol–water partition coefficient (Wildman–Crippen LogP) is 4.18. The number of ether oxygens (including phenoxy) is 2. The average molecular weight is 364 g/mol. The lowest BCUT2D eigenvalue weighted by Gasteiger charge is -2.16. The van der Waals surface area contributed by atoms with E-state index in [1.54, 1.807) is 0 Å². The van der Waals surface area contributed by atoms with Crippen LogP contribution in [0.1, 0.15) is 31.4 Å². The molecule has 0 aliphatic carbocycles. The van der Waals surface area contributed by atoms with Crippen LogP contribution in [0.4, 0.5) is 0 Å². The second-order valence-electron chi connectivity index (χ2n) is 5.76. The number of benzene rings is 2. The van der Waals surface area contributed by atoms with Crippen molar-refractivity contribution in [1.29, 1.82) is 0 Å². The van der Waals surface area contributed by atoms with E-state index >= 15 is 0 Å². The van der Waals surface area contributed by atoms with Gasteiger partial charge in [0.1, 0.15) is 6.61 Å². The summed E-state index contributed by atoms with van der Waals surface area (Å²) in [6.07, 6.45) is 0.883. The van der Waals surface area contributed by atoms with Gasteiger partial charge in [-0.25, -0.2) is 0 Å². The molecule has 25 heavy (non-hydrogen) atoms. The van der Waals surface area contributed by atoms with E-state index in [2.05, 4.69) is 5.32 Å². The van der Waals surface area contributed by atoms with Gasteiger partial charge in [-0.15, -0.1) is 0 Å². The van der Waals surface area contributed by atoms with E-state index in [1.165, 1.54) is 0 Å². The van der Waals surface area contributed by atoms with Crippen LogP contribution in [0.2, 0.25) is 5.02 Å². The van der Waals surface area contributed by atoms with E-state index in [0.29, 0.717) is 36.3 Å². The van der Waals surface area contributed by atoms with Gasteiger partial charge in [0.05, 0.1) is 13.2 Å². The summed E-state index contributed by atoms with van der Waals surface area (Å²) in [6, 6.07) is 13.6. The van der Waals surface area contributed by atoms with Crippen LogP contribution in [0, 0.1) is 0 Å². The smallest absolute Gasteiger partial charge is 0.161 e. The van der Waals surface area contributed by atoms with Crippen molar-refractivity contribution >= 4 is 11.6 Å². The zero-order valence-corrected chi connectivity index (χ0v) is 15.6. The molecule has 2 aromatic carbocycles. The molecule has 0 spiro atoms. The summed E-state index contributed by atoms with van der Waals surface area (Å²) < 4.78 is 11.6. The summed E-state index contributed by atoms with van der Waals surface area (Å²) in [6.45, 7) is 5.75. The maximum absolute atomic E-state index is 9.27. The van der Waals surface area contributed by atoms with Crippen molar-refractivity contribution < 1.29 is 14.6 Å². The van der Waals surface area contributed by atoms with Crippen LogP contribution >= 0.6 is 11.6 Å². The summed E-state index contributed by atoms with van der Waals surface area (Å²) in [4.78, 5) is 0. The van der Waals surface area contributed by atoms with Crippen molar-refractivity contribution in [1.82, 2.24) is 5.32 Å². The van der Waals surface area contributed by atoms with Crippen LogP contribution in [-0.4, -0.2) is 24.4 Å². The third-order valence-corrected chi connectivity index (χ3v) is 4.33. The molecule has 0 saturated carbocycles. The molecule has 0 unspecified atom stereocenters. The Morgan fingerprint density at radius 2 is 1.88 bits per heavy atom. The van der Waals surface area contributed by atoms with E-state index in [4.69, 9.17) is 21.1 Å². The second-order valence-corrected chi connectivity index (χ2v) is 6.17. The minimum Gasteiger partial charge on any atom is -0.490 e. The van der Waals surface area contributed by atoms with Crippen molar-refractivity contribution in [2.45, 2.75) is 39.5 Å². The van der Waals surface area contributed by atoms with Crippen molar-refractivity contribution in [2.75, 3.05) is 13.2 Å². The summed E-state index contributed by atoms with van der Waals surface area (Å²) >= 11 is 6.18. The van der Waals surface area contributed by atoms with Crippen LogP contribution in [-0.2, 0) is 13.2 Å². The van der Waals surface area contributed by atoms with Crippen molar-refractivity contribution in [3.8, 4) is 11.5 Å². The molecule has 0 aliphatic rings. The van der Waals surface area contributed by atoms with Crippen LogP contribution in [0.15, 0.2) is 42.5 Å². The first-order valence-electron chi connectivity index (χ1n) is 8.64. The first kappa shape index (κ1) is 19.6. The Kier molecular flexibility index (Phi) is 8.06. The molecule has 1 atom stereocenters. The Morgan fingerprint density at radius 3 is 2.56 bits per heavy atom. The molecule has 0 fully saturated rings. The summed E-state index contributed by atoms with van der Waals surface area (Å²) in [5, 5.41) is 13.3. The average Bonchev–Trinajstić information content (AvgIpc) is 2.63. The maximum atomic E-state index is 9.27. The zero-order chi connectivity index (χ0) is 18.1. The number of hydrogen-bond acceptors (Lipinski definition) is 4. The Hall–Kier alpha value is -1.75. The van der Waals surface area contributed by atoms with Gasteiger partial charge in [-0.3, -0.25) is 0 Å². The molecule has 0 amide bonds. The quantitative estimate of drug-likeness (QED) is 0.665. The third-order valence-electron chi connectivity index (χ3n) is 3.96. The predicted molar refractivity (Wildman–Crippen MR) is 101 cm³/mol. The molecule has 0 radical (unpaired) electrons. The van der Waals surface area contributed by atoms with Gasteiger partial charge in [-0.2, -0.15) is 0 Å². The molecule has 4 nitrogen and oxygen atoms in total. The van der Waals surface area contributed by atoms with E-state index in [9.17, 15) is 5.11 Å². The van der Waals surface area contributed by atoms with Gasteiger partial charge >= 0.3 is 0 Å². The number of aliphatic hydroxyl groups excluding tert-OH is 1. The molecule has 2 aromatic rings. The number of hydrogen-bond donors (Lipinski definition) is 2. The number of aliphatic hydroxyl groups is 1. The summed E-state index contributed by atoms with van der Waals surface area (Å²) in [5.41, 5.74) is 2.02. The Bertz CT molecular complexity index is 659. The molecule has 2 rings (SSSR count). The van der Waals surface area contributed by atoms with Crippen molar-refractivity contribution in [3.05, 3.63) is 58.6 Å². The van der Waals surface area contributed by atoms with Crippen molar-refractivity contribution in [3.63, 3.8) is 0 Å². The van der Waals surface area contributed by atoms with Crippen molar-refractivity contribution in [2.24, 2.45) is 0 Å². The standard InChI is InChI=1S/C20H26ClNO3/c1-3-17(13-23)22-12-15-9-10-19(20(11-15)24-4-2)25-14-16-7-5-6-8-18(16)21/h5-11,17,22-23H,3-4,12-14H2,1-2H3/t17-/m0/s1. The fourth-order valence-corrected chi connectivity index (χ4v) is 2.61. The van der Waals surface area contributed by atoms with Gasteiger partial charge in [-0.05, 0) is 37.1 Å². The Labute approximate surface area is 154 Å². The molecule has 0 heterocycles. The van der Waals surface area contributed by atoms with E-state index in [-0.39, 0.29) is 12.6 Å². The first-order valence-corrected chi connectivity index (χ1v) is 9.01. The number of rotatable bonds is 10.